The van der Waals surface area contributed by atoms with Crippen molar-refractivity contribution in [3.05, 3.63) is 0 Å². The maximum absolute atomic E-state index is 0. The van der Waals surface area contributed by atoms with Crippen LogP contribution in [0.2, 0.25) is 0 Å². The zero-order valence-corrected chi connectivity index (χ0v) is 21.6. The van der Waals surface area contributed by atoms with Crippen molar-refractivity contribution in [3.63, 3.8) is 0 Å². The summed E-state index contributed by atoms with van der Waals surface area (Å²) in [6.45, 7) is 0. The second-order valence-corrected chi connectivity index (χ2v) is 0. The zero-order chi connectivity index (χ0) is 0. The zero-order valence-electron chi connectivity index (χ0n) is 3.89. The Morgan fingerprint density at radius 3 is 1.00 bits per heavy atom. The summed E-state index contributed by atoms with van der Waals surface area (Å²) in [5.74, 6) is 0. The van der Waals surface area contributed by atoms with E-state index in [-0.39, 0.29) is 210 Å². The molecular formula is AgCoCuFeIrMoNiRhRuVW. The summed E-state index contributed by atoms with van der Waals surface area (Å²) >= 11 is 0. The Morgan fingerprint density at radius 1 is 1.00 bits per heavy atom. The molecule has 0 aromatic carbocycles. The van der Waals surface area contributed by atoms with Crippen LogP contribution in [0.15, 0.2) is 0 Å². The SMILES string of the molecule is [Ag].[Co].[Cu].[Fe].[Ir].[Mo].[Ni].[Rh].[Ru].[V].[W]. The van der Waals surface area contributed by atoms with Crippen LogP contribution in [0.4, 0.5) is 0 Å². The average molecular weight is 1070 g/mol. The molecule has 0 aromatic heterocycles. The van der Waals surface area contributed by atoms with Crippen molar-refractivity contribution in [3.8, 4) is 0 Å². The molecule has 0 aliphatic carbocycles. The van der Waals surface area contributed by atoms with Gasteiger partial charge in [0, 0.05) is 210 Å². The number of rotatable bonds is 0. The first-order valence-electron chi connectivity index (χ1n) is 0. The first-order chi connectivity index (χ1) is 0. The first-order valence-corrected chi connectivity index (χ1v) is 0. The van der Waals surface area contributed by atoms with Crippen LogP contribution >= 0.6 is 0 Å². The van der Waals surface area contributed by atoms with Crippen LogP contribution in [-0.4, -0.2) is 0 Å². The Morgan fingerprint density at radius 2 is 1.00 bits per heavy atom. The molecule has 11 heteroatoms. The summed E-state index contributed by atoms with van der Waals surface area (Å²) in [4.78, 5) is 0. The van der Waals surface area contributed by atoms with Gasteiger partial charge in [-0.1, -0.05) is 0 Å². The van der Waals surface area contributed by atoms with Crippen LogP contribution in [0.25, 0.3) is 0 Å². The molecule has 0 N–H and O–H groups in total. The molecule has 0 aliphatic rings. The van der Waals surface area contributed by atoms with Gasteiger partial charge < -0.3 is 0 Å². The summed E-state index contributed by atoms with van der Waals surface area (Å²) in [6.07, 6.45) is 0. The van der Waals surface area contributed by atoms with Crippen LogP contribution in [0.5, 0.6) is 0 Å². The van der Waals surface area contributed by atoms with Crippen molar-refractivity contribution in [2.45, 2.75) is 0 Å². The van der Waals surface area contributed by atoms with Gasteiger partial charge in [-0.25, -0.2) is 0 Å². The van der Waals surface area contributed by atoms with E-state index in [2.05, 4.69) is 0 Å². The summed E-state index contributed by atoms with van der Waals surface area (Å²) in [5, 5.41) is 0. The van der Waals surface area contributed by atoms with Gasteiger partial charge in [-0.05, 0) is 0 Å². The molecule has 0 rings (SSSR count). The predicted octanol–water partition coefficient (Wildman–Crippen LogP) is -0.0275. The molecule has 0 unspecified atom stereocenters. The molecule has 0 saturated carbocycles. The van der Waals surface area contributed by atoms with E-state index in [1.54, 1.807) is 0 Å². The van der Waals surface area contributed by atoms with Gasteiger partial charge in [-0.2, -0.15) is 0 Å². The Bertz CT molecular complexity index is 38.1. The smallest absolute Gasteiger partial charge is 0 e. The van der Waals surface area contributed by atoms with E-state index < -0.39 is 0 Å². The Kier molecular flexibility index (Phi) is 931. The minimum absolute atomic E-state index is 0. The Balaban J connectivity index is 0. The minimum Gasteiger partial charge on any atom is 0 e. The minimum atomic E-state index is 0. The normalized spacial score (nSPS) is 0. The molecule has 0 bridgehead atoms. The maximum Gasteiger partial charge on any atom is 0 e. The fraction of sp³-hybridized carbons (Fsp3) is 0. The number of hydrogen-bond acceptors (Lipinski definition) is 0. The summed E-state index contributed by atoms with van der Waals surface area (Å²) in [5.41, 5.74) is 0. The molecule has 0 saturated heterocycles. The van der Waals surface area contributed by atoms with Gasteiger partial charge in [-0.3, -0.25) is 0 Å². The van der Waals surface area contributed by atoms with Crippen LogP contribution in [0, 0.1) is 0 Å². The third-order valence-electron chi connectivity index (χ3n) is 0. The second kappa shape index (κ2) is 92.4. The van der Waals surface area contributed by atoms with E-state index >= 15 is 0 Å². The monoisotopic (exact) mass is 1070 g/mol. The molecule has 0 atom stereocenters. The molecule has 11 heavy (non-hydrogen) atoms. The van der Waals surface area contributed by atoms with Crippen molar-refractivity contribution >= 4 is 0 Å². The van der Waals surface area contributed by atoms with Gasteiger partial charge in [0.15, 0.2) is 0 Å². The van der Waals surface area contributed by atoms with E-state index in [4.69, 9.17) is 0 Å². The van der Waals surface area contributed by atoms with Crippen molar-refractivity contribution in [1.82, 2.24) is 0 Å². The van der Waals surface area contributed by atoms with E-state index in [1.165, 1.54) is 0 Å². The second-order valence-electron chi connectivity index (χ2n) is 0. The van der Waals surface area contributed by atoms with Crippen LogP contribution in [0.3, 0.4) is 0 Å². The van der Waals surface area contributed by atoms with Crippen molar-refractivity contribution < 1.29 is 210 Å². The van der Waals surface area contributed by atoms with Crippen molar-refractivity contribution in [2.75, 3.05) is 0 Å². The van der Waals surface area contributed by atoms with E-state index in [0.29, 0.717) is 0 Å². The van der Waals surface area contributed by atoms with Gasteiger partial charge in [0.25, 0.3) is 0 Å². The maximum atomic E-state index is 0. The molecule has 92 valence electrons. The largest absolute Gasteiger partial charge is 0 e. The summed E-state index contributed by atoms with van der Waals surface area (Å²) < 4.78 is 0. The van der Waals surface area contributed by atoms with E-state index in [9.17, 15) is 0 Å². The number of hydrogen-bond donors (Lipinski definition) is 0. The molecule has 0 spiro atoms. The van der Waals surface area contributed by atoms with E-state index in [1.807, 2.05) is 0 Å². The van der Waals surface area contributed by atoms with Crippen LogP contribution in [0.1, 0.15) is 0 Å². The first kappa shape index (κ1) is 111. The fourth-order valence-corrected chi connectivity index (χ4v) is 0. The van der Waals surface area contributed by atoms with Gasteiger partial charge in [0.05, 0.1) is 0 Å². The fourth-order valence-electron chi connectivity index (χ4n) is 0. The van der Waals surface area contributed by atoms with Crippen LogP contribution < -0.4 is 0 Å². The predicted molar refractivity (Wildman–Crippen MR) is 0 cm³/mol. The molecule has 0 amide bonds. The quantitative estimate of drug-likeness (QED) is 0.300. The van der Waals surface area contributed by atoms with Crippen LogP contribution in [-0.2, 0) is 210 Å². The third kappa shape index (κ3) is 80.9. The average Bonchev–Trinajstić information content (AvgIpc) is 0. The molecule has 0 fully saturated rings. The van der Waals surface area contributed by atoms with E-state index in [0.717, 1.165) is 0 Å². The molecule has 0 aliphatic heterocycles. The molecule has 6 radical (unpaired) electrons. The Hall–Kier alpha value is 6.64. The summed E-state index contributed by atoms with van der Waals surface area (Å²) in [6, 6.07) is 0. The van der Waals surface area contributed by atoms with Gasteiger partial charge >= 0.3 is 0 Å². The molecule has 0 heterocycles. The molecular weight excluding hydrogens is 1070 g/mol. The van der Waals surface area contributed by atoms with Gasteiger partial charge in [0.2, 0.25) is 0 Å². The van der Waals surface area contributed by atoms with Crippen molar-refractivity contribution in [2.24, 2.45) is 0 Å². The standard InChI is InChI=1S/Ag.Co.Cu.Fe.Ir.Mo.Ni.Rh.Ru.V.W. The third-order valence-corrected chi connectivity index (χ3v) is 0. The molecule has 0 aromatic rings. The summed E-state index contributed by atoms with van der Waals surface area (Å²) in [7, 11) is 0. The van der Waals surface area contributed by atoms with Crippen molar-refractivity contribution in [1.29, 1.82) is 0 Å². The molecule has 0 nitrogen and oxygen atoms in total. The Labute approximate surface area is 205 Å². The topological polar surface area (TPSA) is 0 Å². The van der Waals surface area contributed by atoms with Gasteiger partial charge in [-0.15, -0.1) is 0 Å². The van der Waals surface area contributed by atoms with Gasteiger partial charge in [0.1, 0.15) is 0 Å².